The second-order valence-electron chi connectivity index (χ2n) is 4.32. The van der Waals surface area contributed by atoms with Crippen molar-refractivity contribution in [1.29, 1.82) is 0 Å². The first-order chi connectivity index (χ1) is 7.74. The third kappa shape index (κ3) is 2.18. The third-order valence-electron chi connectivity index (χ3n) is 2.57. The zero-order valence-corrected chi connectivity index (χ0v) is 10.6. The van der Waals surface area contributed by atoms with Crippen LogP contribution < -0.4 is 0 Å². The van der Waals surface area contributed by atoms with E-state index in [0.29, 0.717) is 0 Å². The molecule has 4 nitrogen and oxygen atoms in total. The molecular weight excluding hydrogens is 269 g/mol. The predicted molar refractivity (Wildman–Crippen MR) is 60.8 cm³/mol. The van der Waals surface area contributed by atoms with Gasteiger partial charge in [-0.2, -0.15) is 4.31 Å². The van der Waals surface area contributed by atoms with E-state index in [0.717, 1.165) is 10.4 Å². The Balaban J connectivity index is 2.37. The Bertz CT molecular complexity index is 551. The van der Waals surface area contributed by atoms with Crippen LogP contribution in [0, 0.1) is 5.82 Å². The molecule has 0 saturated carbocycles. The molecular formula is C10H11ClFNO3S. The highest BCUT2D eigenvalue weighted by molar-refractivity contribution is 7.89. The maximum absolute atomic E-state index is 13.6. The summed E-state index contributed by atoms with van der Waals surface area (Å²) in [5, 5.41) is 9.25. The molecule has 7 heteroatoms. The SMILES string of the molecule is CC1(O)CN(S(=O)(=O)c2cccc(Cl)c2F)C1. The number of benzene rings is 1. The summed E-state index contributed by atoms with van der Waals surface area (Å²) in [5.41, 5.74) is -1.04. The monoisotopic (exact) mass is 279 g/mol. The van der Waals surface area contributed by atoms with Gasteiger partial charge in [0.15, 0.2) is 5.82 Å². The van der Waals surface area contributed by atoms with Gasteiger partial charge in [0.2, 0.25) is 10.0 Å². The van der Waals surface area contributed by atoms with Gasteiger partial charge in [0.25, 0.3) is 0 Å². The second kappa shape index (κ2) is 3.91. The molecule has 0 spiro atoms. The largest absolute Gasteiger partial charge is 0.387 e. The van der Waals surface area contributed by atoms with Crippen molar-refractivity contribution in [2.45, 2.75) is 17.4 Å². The minimum atomic E-state index is -3.91. The molecule has 0 amide bonds. The van der Waals surface area contributed by atoms with Crippen molar-refractivity contribution in [3.8, 4) is 0 Å². The lowest BCUT2D eigenvalue weighted by atomic mass is 10.0. The summed E-state index contributed by atoms with van der Waals surface area (Å²) in [6.45, 7) is 1.44. The Morgan fingerprint density at radius 1 is 1.47 bits per heavy atom. The lowest BCUT2D eigenvalue weighted by Gasteiger charge is -2.42. The van der Waals surface area contributed by atoms with Crippen LogP contribution in [-0.4, -0.2) is 36.5 Å². The maximum atomic E-state index is 13.6. The molecule has 94 valence electrons. The predicted octanol–water partition coefficient (Wildman–Crippen LogP) is 1.23. The van der Waals surface area contributed by atoms with Gasteiger partial charge in [0.1, 0.15) is 4.90 Å². The Morgan fingerprint density at radius 2 is 2.06 bits per heavy atom. The lowest BCUT2D eigenvalue weighted by molar-refractivity contribution is -0.0427. The van der Waals surface area contributed by atoms with Crippen molar-refractivity contribution in [3.63, 3.8) is 0 Å². The zero-order chi connectivity index (χ0) is 12.8. The summed E-state index contributed by atoms with van der Waals surface area (Å²) in [7, 11) is -3.91. The minimum absolute atomic E-state index is 0.0404. The number of rotatable bonds is 2. The first-order valence-corrected chi connectivity index (χ1v) is 6.72. The van der Waals surface area contributed by atoms with Crippen LogP contribution in [-0.2, 0) is 10.0 Å². The van der Waals surface area contributed by atoms with Crippen LogP contribution in [0.4, 0.5) is 4.39 Å². The molecule has 1 aromatic rings. The van der Waals surface area contributed by atoms with Gasteiger partial charge >= 0.3 is 0 Å². The number of β-amino-alcohol motifs (C(OH)–C–C–N with tert-alkyl or cyclic N) is 1. The highest BCUT2D eigenvalue weighted by Crippen LogP contribution is 2.30. The topological polar surface area (TPSA) is 57.6 Å². The van der Waals surface area contributed by atoms with Crippen LogP contribution in [0.2, 0.25) is 5.02 Å². The molecule has 0 aromatic heterocycles. The van der Waals surface area contributed by atoms with Gasteiger partial charge in [0, 0.05) is 13.1 Å². The molecule has 1 heterocycles. The van der Waals surface area contributed by atoms with E-state index in [1.807, 2.05) is 0 Å². The molecule has 1 aliphatic rings. The number of sulfonamides is 1. The second-order valence-corrected chi connectivity index (χ2v) is 6.64. The number of aliphatic hydroxyl groups is 1. The number of hydrogen-bond acceptors (Lipinski definition) is 3. The standard InChI is InChI=1S/C10H11ClFNO3S/c1-10(14)5-13(6-10)17(15,16)8-4-2-3-7(11)9(8)12/h2-4,14H,5-6H2,1H3. The Hall–Kier alpha value is -0.690. The van der Waals surface area contributed by atoms with Gasteiger partial charge in [-0.15, -0.1) is 0 Å². The van der Waals surface area contributed by atoms with Crippen LogP contribution in [0.5, 0.6) is 0 Å². The average molecular weight is 280 g/mol. The van der Waals surface area contributed by atoms with Crippen molar-refractivity contribution < 1.29 is 17.9 Å². The van der Waals surface area contributed by atoms with Crippen molar-refractivity contribution >= 4 is 21.6 Å². The van der Waals surface area contributed by atoms with Crippen LogP contribution in [0.25, 0.3) is 0 Å². The van der Waals surface area contributed by atoms with Crippen molar-refractivity contribution in [1.82, 2.24) is 4.31 Å². The van der Waals surface area contributed by atoms with Gasteiger partial charge in [-0.25, -0.2) is 12.8 Å². The molecule has 0 unspecified atom stereocenters. The molecule has 0 atom stereocenters. The van der Waals surface area contributed by atoms with E-state index in [9.17, 15) is 17.9 Å². The highest BCUT2D eigenvalue weighted by Gasteiger charge is 2.44. The van der Waals surface area contributed by atoms with Gasteiger partial charge in [-0.3, -0.25) is 0 Å². The van der Waals surface area contributed by atoms with Gasteiger partial charge in [-0.1, -0.05) is 17.7 Å². The van der Waals surface area contributed by atoms with Gasteiger partial charge in [0.05, 0.1) is 10.6 Å². The molecule has 1 saturated heterocycles. The first kappa shape index (κ1) is 12.8. The molecule has 0 bridgehead atoms. The molecule has 17 heavy (non-hydrogen) atoms. The summed E-state index contributed by atoms with van der Waals surface area (Å²) in [5.74, 6) is -0.958. The van der Waals surface area contributed by atoms with Gasteiger partial charge in [-0.05, 0) is 19.1 Å². The van der Waals surface area contributed by atoms with Crippen LogP contribution >= 0.6 is 11.6 Å². The van der Waals surface area contributed by atoms with Crippen LogP contribution in [0.15, 0.2) is 23.1 Å². The van der Waals surface area contributed by atoms with Crippen molar-refractivity contribution in [2.24, 2.45) is 0 Å². The zero-order valence-electron chi connectivity index (χ0n) is 9.02. The fourth-order valence-electron chi connectivity index (χ4n) is 1.71. The molecule has 0 aliphatic carbocycles. The molecule has 2 rings (SSSR count). The fraction of sp³-hybridized carbons (Fsp3) is 0.400. The average Bonchev–Trinajstić information content (AvgIpc) is 2.18. The van der Waals surface area contributed by atoms with E-state index >= 15 is 0 Å². The molecule has 1 fully saturated rings. The summed E-state index contributed by atoms with van der Waals surface area (Å²) < 4.78 is 38.6. The minimum Gasteiger partial charge on any atom is -0.387 e. The number of hydrogen-bond donors (Lipinski definition) is 1. The Morgan fingerprint density at radius 3 is 2.59 bits per heavy atom. The van der Waals surface area contributed by atoms with Crippen LogP contribution in [0.1, 0.15) is 6.92 Å². The summed E-state index contributed by atoms with van der Waals surface area (Å²) in [4.78, 5) is -0.458. The number of halogens is 2. The number of nitrogens with zero attached hydrogens (tertiary/aromatic N) is 1. The summed E-state index contributed by atoms with van der Waals surface area (Å²) >= 11 is 5.53. The quantitative estimate of drug-likeness (QED) is 0.886. The smallest absolute Gasteiger partial charge is 0.246 e. The van der Waals surface area contributed by atoms with Crippen molar-refractivity contribution in [3.05, 3.63) is 29.0 Å². The Labute approximate surface area is 104 Å². The van der Waals surface area contributed by atoms with E-state index < -0.39 is 26.3 Å². The maximum Gasteiger partial charge on any atom is 0.246 e. The van der Waals surface area contributed by atoms with Crippen molar-refractivity contribution in [2.75, 3.05) is 13.1 Å². The fourth-order valence-corrected chi connectivity index (χ4v) is 3.70. The Kier molecular flexibility index (Phi) is 2.94. The van der Waals surface area contributed by atoms with E-state index in [2.05, 4.69) is 0 Å². The summed E-state index contributed by atoms with van der Waals surface area (Å²) in [6.07, 6.45) is 0. The van der Waals surface area contributed by atoms with E-state index in [1.54, 1.807) is 0 Å². The van der Waals surface area contributed by atoms with Gasteiger partial charge < -0.3 is 5.11 Å². The molecule has 0 radical (unpaired) electrons. The highest BCUT2D eigenvalue weighted by atomic mass is 35.5. The van der Waals surface area contributed by atoms with Crippen LogP contribution in [0.3, 0.4) is 0 Å². The normalized spacial score (nSPS) is 20.0. The molecule has 1 N–H and O–H groups in total. The molecule has 1 aliphatic heterocycles. The lowest BCUT2D eigenvalue weighted by Crippen LogP contribution is -2.61. The first-order valence-electron chi connectivity index (χ1n) is 4.91. The van der Waals surface area contributed by atoms with E-state index in [4.69, 9.17) is 11.6 Å². The van der Waals surface area contributed by atoms with E-state index in [-0.39, 0.29) is 18.1 Å². The molecule has 1 aromatic carbocycles. The third-order valence-corrected chi connectivity index (χ3v) is 4.67. The summed E-state index contributed by atoms with van der Waals surface area (Å²) in [6, 6.07) is 3.81. The van der Waals surface area contributed by atoms with E-state index in [1.165, 1.54) is 19.1 Å².